The van der Waals surface area contributed by atoms with E-state index in [2.05, 4.69) is 37.9 Å². The second-order valence-corrected chi connectivity index (χ2v) is 5.05. The molecule has 1 aliphatic rings. The molecule has 1 rings (SSSR count). The molecule has 1 aliphatic heterocycles. The minimum absolute atomic E-state index is 0.383. The lowest BCUT2D eigenvalue weighted by molar-refractivity contribution is 0.0771. The summed E-state index contributed by atoms with van der Waals surface area (Å²) in [4.78, 5) is 2.64. The fourth-order valence-electron chi connectivity index (χ4n) is 2.14. The highest BCUT2D eigenvalue weighted by atomic mass is 15.2. The molecule has 84 valence electrons. The van der Waals surface area contributed by atoms with Gasteiger partial charge in [-0.15, -0.1) is 0 Å². The summed E-state index contributed by atoms with van der Waals surface area (Å²) in [6.07, 6.45) is 3.85. The van der Waals surface area contributed by atoms with Crippen LogP contribution >= 0.6 is 0 Å². The molecule has 0 aromatic carbocycles. The van der Waals surface area contributed by atoms with Crippen LogP contribution in [0.3, 0.4) is 0 Å². The van der Waals surface area contributed by atoms with Crippen molar-refractivity contribution in [3.8, 4) is 0 Å². The minimum Gasteiger partial charge on any atom is -0.311 e. The summed E-state index contributed by atoms with van der Waals surface area (Å²) in [5, 5.41) is 3.60. The number of nitrogens with zero attached hydrogens (tertiary/aromatic N) is 1. The highest BCUT2D eigenvalue weighted by Crippen LogP contribution is 2.20. The van der Waals surface area contributed by atoms with Gasteiger partial charge in [0.05, 0.1) is 0 Å². The Bertz CT molecular complexity index is 164. The van der Waals surface area contributed by atoms with Gasteiger partial charge in [0.2, 0.25) is 0 Å². The molecule has 0 saturated carbocycles. The summed E-state index contributed by atoms with van der Waals surface area (Å²) in [6, 6.07) is 0.722. The maximum absolute atomic E-state index is 3.60. The van der Waals surface area contributed by atoms with Gasteiger partial charge in [0.15, 0.2) is 0 Å². The largest absolute Gasteiger partial charge is 0.311 e. The van der Waals surface area contributed by atoms with E-state index in [9.17, 15) is 0 Å². The molecule has 0 bridgehead atoms. The number of rotatable bonds is 4. The van der Waals surface area contributed by atoms with E-state index in [0.29, 0.717) is 5.54 Å². The summed E-state index contributed by atoms with van der Waals surface area (Å²) in [5.41, 5.74) is 0.383. The fraction of sp³-hybridized carbons (Fsp3) is 1.00. The van der Waals surface area contributed by atoms with Crippen molar-refractivity contribution in [2.45, 2.75) is 58.5 Å². The van der Waals surface area contributed by atoms with Gasteiger partial charge in [0.1, 0.15) is 0 Å². The Labute approximate surface area is 89.1 Å². The maximum Gasteiger partial charge on any atom is 0.0195 e. The van der Waals surface area contributed by atoms with Gasteiger partial charge in [-0.2, -0.15) is 0 Å². The monoisotopic (exact) mass is 198 g/mol. The predicted octanol–water partition coefficient (Wildman–Crippen LogP) is 2.25. The van der Waals surface area contributed by atoms with Gasteiger partial charge in [-0.3, -0.25) is 4.90 Å². The third-order valence-electron chi connectivity index (χ3n) is 3.61. The molecule has 0 aliphatic carbocycles. The number of hydrogen-bond acceptors (Lipinski definition) is 2. The highest BCUT2D eigenvalue weighted by Gasteiger charge is 2.29. The molecule has 1 atom stereocenters. The van der Waals surface area contributed by atoms with Crippen LogP contribution in [-0.2, 0) is 0 Å². The quantitative estimate of drug-likeness (QED) is 0.745. The summed E-state index contributed by atoms with van der Waals surface area (Å²) < 4.78 is 0. The van der Waals surface area contributed by atoms with Crippen LogP contribution in [0.2, 0.25) is 0 Å². The SMILES string of the molecule is CCCC1CN(C(C)(C)CC)CCN1. The van der Waals surface area contributed by atoms with Gasteiger partial charge in [-0.25, -0.2) is 0 Å². The van der Waals surface area contributed by atoms with E-state index >= 15 is 0 Å². The molecule has 0 aromatic heterocycles. The Morgan fingerprint density at radius 1 is 1.36 bits per heavy atom. The zero-order valence-electron chi connectivity index (χ0n) is 10.3. The van der Waals surface area contributed by atoms with Crippen molar-refractivity contribution in [1.82, 2.24) is 10.2 Å². The molecule has 1 fully saturated rings. The van der Waals surface area contributed by atoms with Gasteiger partial charge < -0.3 is 5.32 Å². The van der Waals surface area contributed by atoms with Crippen LogP contribution in [0.15, 0.2) is 0 Å². The molecule has 1 saturated heterocycles. The molecule has 14 heavy (non-hydrogen) atoms. The molecule has 0 aromatic rings. The Morgan fingerprint density at radius 2 is 2.07 bits per heavy atom. The Morgan fingerprint density at radius 3 is 2.64 bits per heavy atom. The molecule has 1 heterocycles. The normalized spacial score (nSPS) is 25.3. The van der Waals surface area contributed by atoms with E-state index in [4.69, 9.17) is 0 Å². The van der Waals surface area contributed by atoms with E-state index in [1.54, 1.807) is 0 Å². The second-order valence-electron chi connectivity index (χ2n) is 5.05. The Kier molecular flexibility index (Phi) is 4.39. The third-order valence-corrected chi connectivity index (χ3v) is 3.61. The number of piperazine rings is 1. The number of hydrogen-bond donors (Lipinski definition) is 1. The van der Waals surface area contributed by atoms with Crippen LogP contribution < -0.4 is 5.32 Å². The molecule has 2 nitrogen and oxygen atoms in total. The van der Waals surface area contributed by atoms with Crippen LogP contribution in [0.5, 0.6) is 0 Å². The van der Waals surface area contributed by atoms with Crippen molar-refractivity contribution in [3.05, 3.63) is 0 Å². The fourth-order valence-corrected chi connectivity index (χ4v) is 2.14. The Balaban J connectivity index is 2.47. The standard InChI is InChI=1S/C12H26N2/c1-5-7-11-10-14(9-8-13-11)12(3,4)6-2/h11,13H,5-10H2,1-4H3. The topological polar surface area (TPSA) is 15.3 Å². The van der Waals surface area contributed by atoms with Gasteiger partial charge in [0.25, 0.3) is 0 Å². The Hall–Kier alpha value is -0.0800. The minimum atomic E-state index is 0.383. The zero-order valence-corrected chi connectivity index (χ0v) is 10.3. The smallest absolute Gasteiger partial charge is 0.0195 e. The van der Waals surface area contributed by atoms with Gasteiger partial charge in [0, 0.05) is 31.2 Å². The average Bonchev–Trinajstić information content (AvgIpc) is 2.19. The van der Waals surface area contributed by atoms with E-state index in [-0.39, 0.29) is 0 Å². The molecular formula is C12H26N2. The first-order valence-corrected chi connectivity index (χ1v) is 6.08. The van der Waals surface area contributed by atoms with Crippen molar-refractivity contribution in [2.75, 3.05) is 19.6 Å². The van der Waals surface area contributed by atoms with Gasteiger partial charge >= 0.3 is 0 Å². The van der Waals surface area contributed by atoms with Crippen LogP contribution in [0, 0.1) is 0 Å². The van der Waals surface area contributed by atoms with Crippen LogP contribution in [0.1, 0.15) is 47.0 Å². The van der Waals surface area contributed by atoms with E-state index in [1.807, 2.05) is 0 Å². The van der Waals surface area contributed by atoms with Crippen molar-refractivity contribution in [2.24, 2.45) is 0 Å². The van der Waals surface area contributed by atoms with Crippen LogP contribution in [-0.4, -0.2) is 36.1 Å². The highest BCUT2D eigenvalue weighted by molar-refractivity contribution is 4.87. The summed E-state index contributed by atoms with van der Waals surface area (Å²) >= 11 is 0. The summed E-state index contributed by atoms with van der Waals surface area (Å²) in [7, 11) is 0. The van der Waals surface area contributed by atoms with E-state index in [1.165, 1.54) is 32.4 Å². The number of nitrogens with one attached hydrogen (secondary N) is 1. The van der Waals surface area contributed by atoms with Gasteiger partial charge in [-0.05, 0) is 26.7 Å². The van der Waals surface area contributed by atoms with Crippen molar-refractivity contribution < 1.29 is 0 Å². The molecular weight excluding hydrogens is 172 g/mol. The van der Waals surface area contributed by atoms with Crippen molar-refractivity contribution >= 4 is 0 Å². The van der Waals surface area contributed by atoms with Crippen LogP contribution in [0.4, 0.5) is 0 Å². The molecule has 0 radical (unpaired) electrons. The van der Waals surface area contributed by atoms with Crippen molar-refractivity contribution in [1.29, 1.82) is 0 Å². The summed E-state index contributed by atoms with van der Waals surface area (Å²) in [6.45, 7) is 12.9. The third kappa shape index (κ3) is 2.96. The van der Waals surface area contributed by atoms with Crippen molar-refractivity contribution in [3.63, 3.8) is 0 Å². The first-order chi connectivity index (χ1) is 6.60. The molecule has 0 spiro atoms. The molecule has 2 heteroatoms. The molecule has 1 N–H and O–H groups in total. The maximum atomic E-state index is 3.60. The predicted molar refractivity (Wildman–Crippen MR) is 62.6 cm³/mol. The first kappa shape index (κ1) is 12.0. The lowest BCUT2D eigenvalue weighted by Crippen LogP contribution is -2.57. The summed E-state index contributed by atoms with van der Waals surface area (Å²) in [5.74, 6) is 0. The zero-order chi connectivity index (χ0) is 10.6. The first-order valence-electron chi connectivity index (χ1n) is 6.08. The van der Waals surface area contributed by atoms with Gasteiger partial charge in [-0.1, -0.05) is 20.3 Å². The average molecular weight is 198 g/mol. The second kappa shape index (κ2) is 5.13. The molecule has 1 unspecified atom stereocenters. The van der Waals surface area contributed by atoms with E-state index in [0.717, 1.165) is 12.6 Å². The lowest BCUT2D eigenvalue weighted by Gasteiger charge is -2.43. The molecule has 0 amide bonds. The van der Waals surface area contributed by atoms with E-state index < -0.39 is 0 Å². The lowest BCUT2D eigenvalue weighted by atomic mass is 9.96. The van der Waals surface area contributed by atoms with Crippen LogP contribution in [0.25, 0.3) is 0 Å².